The Labute approximate surface area is 98.4 Å². The topological polar surface area (TPSA) is 26.3 Å². The van der Waals surface area contributed by atoms with Crippen molar-refractivity contribution in [1.29, 1.82) is 0 Å². The molecule has 16 heavy (non-hydrogen) atoms. The van der Waals surface area contributed by atoms with Gasteiger partial charge in [-0.1, -0.05) is 17.7 Å². The fourth-order valence-electron chi connectivity index (χ4n) is 1.88. The van der Waals surface area contributed by atoms with Crippen LogP contribution in [0.15, 0.2) is 18.2 Å². The van der Waals surface area contributed by atoms with Crippen LogP contribution >= 0.6 is 11.6 Å². The molecular weight excluding hydrogens is 231 g/mol. The molecule has 0 saturated heterocycles. The maximum absolute atomic E-state index is 12.9. The van der Waals surface area contributed by atoms with E-state index >= 15 is 0 Å². The van der Waals surface area contributed by atoms with Gasteiger partial charge in [0.15, 0.2) is 0 Å². The average molecular weight is 243 g/mol. The second-order valence-corrected chi connectivity index (χ2v) is 4.41. The van der Waals surface area contributed by atoms with E-state index in [2.05, 4.69) is 0 Å². The van der Waals surface area contributed by atoms with E-state index in [0.29, 0.717) is 10.6 Å². The highest BCUT2D eigenvalue weighted by atomic mass is 35.5. The number of hydrogen-bond donors (Lipinski definition) is 0. The van der Waals surface area contributed by atoms with Gasteiger partial charge in [0.05, 0.1) is 13.0 Å². The first-order valence-corrected chi connectivity index (χ1v) is 5.54. The van der Waals surface area contributed by atoms with E-state index in [1.54, 1.807) is 6.07 Å². The van der Waals surface area contributed by atoms with Gasteiger partial charge >= 0.3 is 5.97 Å². The van der Waals surface area contributed by atoms with Crippen molar-refractivity contribution in [3.8, 4) is 0 Å². The van der Waals surface area contributed by atoms with E-state index in [4.69, 9.17) is 16.3 Å². The van der Waals surface area contributed by atoms with Crippen LogP contribution in [0.5, 0.6) is 0 Å². The average Bonchev–Trinajstić information content (AvgIpc) is 3.05. The van der Waals surface area contributed by atoms with Crippen LogP contribution in [0, 0.1) is 11.7 Å². The molecule has 2 rings (SSSR count). The van der Waals surface area contributed by atoms with Crippen LogP contribution in [0.2, 0.25) is 5.02 Å². The van der Waals surface area contributed by atoms with Crippen molar-refractivity contribution in [2.45, 2.75) is 18.8 Å². The fraction of sp³-hybridized carbons (Fsp3) is 0.417. The van der Waals surface area contributed by atoms with Crippen molar-refractivity contribution < 1.29 is 13.9 Å². The monoisotopic (exact) mass is 242 g/mol. The van der Waals surface area contributed by atoms with Crippen molar-refractivity contribution in [2.24, 2.45) is 5.92 Å². The first-order chi connectivity index (χ1) is 7.63. The zero-order chi connectivity index (χ0) is 11.7. The standard InChI is InChI=1S/C12H12ClFO2/c1-16-12(15)11(7-2-3-7)9-5-4-8(14)6-10(9)13/h4-7,11H,2-3H2,1H3. The number of carbonyl (C=O) groups excluding carboxylic acids is 1. The SMILES string of the molecule is COC(=O)C(c1ccc(F)cc1Cl)C1CC1. The molecule has 0 aliphatic heterocycles. The molecule has 1 aliphatic carbocycles. The van der Waals surface area contributed by atoms with Crippen molar-refractivity contribution in [1.82, 2.24) is 0 Å². The number of esters is 1. The molecule has 0 heterocycles. The van der Waals surface area contributed by atoms with E-state index in [9.17, 15) is 9.18 Å². The minimum atomic E-state index is -0.395. The number of carbonyl (C=O) groups is 1. The third kappa shape index (κ3) is 2.19. The van der Waals surface area contributed by atoms with Crippen LogP contribution in [0.4, 0.5) is 4.39 Å². The van der Waals surface area contributed by atoms with Crippen LogP contribution in [0.25, 0.3) is 0 Å². The summed E-state index contributed by atoms with van der Waals surface area (Å²) in [7, 11) is 1.36. The lowest BCUT2D eigenvalue weighted by Crippen LogP contribution is -2.16. The summed E-state index contributed by atoms with van der Waals surface area (Å²) in [5.41, 5.74) is 0.664. The first kappa shape index (κ1) is 11.4. The van der Waals surface area contributed by atoms with Crippen molar-refractivity contribution in [3.63, 3.8) is 0 Å². The second-order valence-electron chi connectivity index (χ2n) is 4.00. The highest BCUT2D eigenvalue weighted by Gasteiger charge is 2.39. The minimum Gasteiger partial charge on any atom is -0.469 e. The molecule has 2 nitrogen and oxygen atoms in total. The first-order valence-electron chi connectivity index (χ1n) is 5.16. The Bertz CT molecular complexity index is 415. The van der Waals surface area contributed by atoms with Gasteiger partial charge in [0.2, 0.25) is 0 Å². The Kier molecular flexibility index (Phi) is 3.15. The second kappa shape index (κ2) is 4.42. The number of benzene rings is 1. The van der Waals surface area contributed by atoms with Crippen molar-refractivity contribution >= 4 is 17.6 Å². The molecule has 1 aliphatic rings. The lowest BCUT2D eigenvalue weighted by molar-refractivity contribution is -0.143. The van der Waals surface area contributed by atoms with Crippen molar-refractivity contribution in [2.75, 3.05) is 7.11 Å². The lowest BCUT2D eigenvalue weighted by Gasteiger charge is -2.15. The maximum Gasteiger partial charge on any atom is 0.313 e. The normalized spacial score (nSPS) is 16.9. The van der Waals surface area contributed by atoms with Crippen LogP contribution in [-0.4, -0.2) is 13.1 Å². The van der Waals surface area contributed by atoms with Crippen LogP contribution < -0.4 is 0 Å². The molecule has 1 fully saturated rings. The molecular formula is C12H12ClFO2. The molecule has 86 valence electrons. The van der Waals surface area contributed by atoms with Gasteiger partial charge in [0.25, 0.3) is 0 Å². The smallest absolute Gasteiger partial charge is 0.313 e. The summed E-state index contributed by atoms with van der Waals surface area (Å²) in [5, 5.41) is 0.294. The summed E-state index contributed by atoms with van der Waals surface area (Å²) in [6.07, 6.45) is 1.99. The molecule has 1 aromatic rings. The summed E-state index contributed by atoms with van der Waals surface area (Å²) in [6.45, 7) is 0. The van der Waals surface area contributed by atoms with Crippen LogP contribution in [0.1, 0.15) is 24.3 Å². The maximum atomic E-state index is 12.9. The number of methoxy groups -OCH3 is 1. The molecule has 4 heteroatoms. The molecule has 1 saturated carbocycles. The van der Waals surface area contributed by atoms with Gasteiger partial charge < -0.3 is 4.74 Å². The molecule has 0 aromatic heterocycles. The highest BCUT2D eigenvalue weighted by molar-refractivity contribution is 6.31. The zero-order valence-corrected chi connectivity index (χ0v) is 9.63. The molecule has 1 atom stereocenters. The Morgan fingerprint density at radius 2 is 2.25 bits per heavy atom. The largest absolute Gasteiger partial charge is 0.469 e. The van der Waals surface area contributed by atoms with Gasteiger partial charge in [-0.2, -0.15) is 0 Å². The highest BCUT2D eigenvalue weighted by Crippen LogP contribution is 2.45. The van der Waals surface area contributed by atoms with Crippen LogP contribution in [-0.2, 0) is 9.53 Å². The Morgan fingerprint density at radius 3 is 2.75 bits per heavy atom. The number of hydrogen-bond acceptors (Lipinski definition) is 2. The molecule has 0 N–H and O–H groups in total. The van der Waals surface area contributed by atoms with E-state index in [0.717, 1.165) is 12.8 Å². The number of ether oxygens (including phenoxy) is 1. The molecule has 0 radical (unpaired) electrons. The summed E-state index contributed by atoms with van der Waals surface area (Å²) in [6, 6.07) is 4.12. The van der Waals surface area contributed by atoms with E-state index < -0.39 is 5.82 Å². The molecule has 0 spiro atoms. The Morgan fingerprint density at radius 1 is 1.56 bits per heavy atom. The molecule has 1 unspecified atom stereocenters. The number of halogens is 2. The Hall–Kier alpha value is -1.09. The third-order valence-electron chi connectivity index (χ3n) is 2.85. The van der Waals surface area contributed by atoms with E-state index in [-0.39, 0.29) is 17.8 Å². The van der Waals surface area contributed by atoms with Gasteiger partial charge in [-0.05, 0) is 36.5 Å². The number of rotatable bonds is 3. The summed E-state index contributed by atoms with van der Waals surface area (Å²) >= 11 is 5.95. The van der Waals surface area contributed by atoms with Crippen LogP contribution in [0.3, 0.4) is 0 Å². The zero-order valence-electron chi connectivity index (χ0n) is 8.87. The van der Waals surface area contributed by atoms with Gasteiger partial charge in [-0.15, -0.1) is 0 Å². The van der Waals surface area contributed by atoms with Gasteiger partial charge in [-0.25, -0.2) is 4.39 Å². The quantitative estimate of drug-likeness (QED) is 0.761. The predicted octanol–water partition coefficient (Wildman–Crippen LogP) is 3.15. The minimum absolute atomic E-state index is 0.287. The fourth-order valence-corrected chi connectivity index (χ4v) is 2.17. The summed E-state index contributed by atoms with van der Waals surface area (Å²) in [4.78, 5) is 11.7. The van der Waals surface area contributed by atoms with Gasteiger partial charge in [-0.3, -0.25) is 4.79 Å². The molecule has 1 aromatic carbocycles. The van der Waals surface area contributed by atoms with Gasteiger partial charge in [0.1, 0.15) is 5.82 Å². The lowest BCUT2D eigenvalue weighted by atomic mass is 9.94. The summed E-state index contributed by atoms with van der Waals surface area (Å²) < 4.78 is 17.7. The molecule has 0 bridgehead atoms. The van der Waals surface area contributed by atoms with Gasteiger partial charge in [0, 0.05) is 5.02 Å². The van der Waals surface area contributed by atoms with E-state index in [1.165, 1.54) is 19.2 Å². The Balaban J connectivity index is 2.34. The molecule has 0 amide bonds. The third-order valence-corrected chi connectivity index (χ3v) is 3.17. The van der Waals surface area contributed by atoms with Crippen molar-refractivity contribution in [3.05, 3.63) is 34.6 Å². The predicted molar refractivity (Wildman–Crippen MR) is 58.9 cm³/mol. The summed E-state index contributed by atoms with van der Waals surface area (Å²) in [5.74, 6) is -0.752. The van der Waals surface area contributed by atoms with E-state index in [1.807, 2.05) is 0 Å².